The highest BCUT2D eigenvalue weighted by atomic mass is 16.4. The first-order chi connectivity index (χ1) is 5.43. The number of hydrogen-bond acceptors (Lipinski definition) is 2. The van der Waals surface area contributed by atoms with Crippen LogP contribution in [-0.4, -0.2) is 22.2 Å². The summed E-state index contributed by atoms with van der Waals surface area (Å²) < 4.78 is 0. The van der Waals surface area contributed by atoms with E-state index in [2.05, 4.69) is 6.58 Å². The van der Waals surface area contributed by atoms with Gasteiger partial charge in [0.25, 0.3) is 0 Å². The first kappa shape index (κ1) is 10.4. The first-order valence-corrected chi connectivity index (χ1v) is 3.24. The topological polar surface area (TPSA) is 74.6 Å². The third kappa shape index (κ3) is 4.27. The molecule has 0 saturated carbocycles. The van der Waals surface area contributed by atoms with Crippen LogP contribution in [0.4, 0.5) is 0 Å². The summed E-state index contributed by atoms with van der Waals surface area (Å²) >= 11 is 0. The molecule has 0 aromatic heterocycles. The largest absolute Gasteiger partial charge is 0.478 e. The SMILES string of the molecule is C=C(C)C/C(=C\C(=O)O)C(=O)O. The standard InChI is InChI=1S/C8H10O4/c1-5(2)3-6(8(11)12)4-7(9)10/h4H,1,3H2,2H3,(H,9,10)(H,11,12)/b6-4+. The van der Waals surface area contributed by atoms with Crippen molar-refractivity contribution in [3.8, 4) is 0 Å². The maximum Gasteiger partial charge on any atom is 0.332 e. The molecule has 66 valence electrons. The number of carbonyl (C=O) groups is 2. The van der Waals surface area contributed by atoms with Crippen LogP contribution in [0.15, 0.2) is 23.8 Å². The zero-order valence-electron chi connectivity index (χ0n) is 6.70. The highest BCUT2D eigenvalue weighted by Crippen LogP contribution is 2.08. The Balaban J connectivity index is 4.55. The van der Waals surface area contributed by atoms with Crippen molar-refractivity contribution in [1.29, 1.82) is 0 Å². The lowest BCUT2D eigenvalue weighted by atomic mass is 10.1. The van der Waals surface area contributed by atoms with E-state index in [1.54, 1.807) is 6.92 Å². The lowest BCUT2D eigenvalue weighted by Crippen LogP contribution is -2.04. The third-order valence-electron chi connectivity index (χ3n) is 1.06. The Kier molecular flexibility index (Phi) is 3.76. The highest BCUT2D eigenvalue weighted by molar-refractivity contribution is 5.94. The molecule has 0 aliphatic rings. The molecule has 0 radical (unpaired) electrons. The van der Waals surface area contributed by atoms with Gasteiger partial charge in [0.05, 0.1) is 0 Å². The second-order valence-corrected chi connectivity index (χ2v) is 2.45. The van der Waals surface area contributed by atoms with Crippen LogP contribution in [0.3, 0.4) is 0 Å². The molecule has 0 aromatic carbocycles. The van der Waals surface area contributed by atoms with Crippen LogP contribution in [0.1, 0.15) is 13.3 Å². The summed E-state index contributed by atoms with van der Waals surface area (Å²) in [5, 5.41) is 16.8. The summed E-state index contributed by atoms with van der Waals surface area (Å²) in [7, 11) is 0. The van der Waals surface area contributed by atoms with Crippen LogP contribution >= 0.6 is 0 Å². The maximum atomic E-state index is 10.4. The van der Waals surface area contributed by atoms with Crippen molar-refractivity contribution in [2.45, 2.75) is 13.3 Å². The summed E-state index contributed by atoms with van der Waals surface area (Å²) in [5.74, 6) is -2.48. The van der Waals surface area contributed by atoms with Gasteiger partial charge in [0, 0.05) is 18.1 Å². The van der Waals surface area contributed by atoms with E-state index in [0.717, 1.165) is 0 Å². The zero-order valence-corrected chi connectivity index (χ0v) is 6.70. The van der Waals surface area contributed by atoms with Gasteiger partial charge >= 0.3 is 11.9 Å². The Bertz CT molecular complexity index is 250. The molecule has 0 aliphatic heterocycles. The van der Waals surface area contributed by atoms with E-state index in [1.165, 1.54) is 0 Å². The molecule has 4 nitrogen and oxygen atoms in total. The first-order valence-electron chi connectivity index (χ1n) is 3.24. The minimum Gasteiger partial charge on any atom is -0.478 e. The number of rotatable bonds is 4. The van der Waals surface area contributed by atoms with Gasteiger partial charge < -0.3 is 10.2 Å². The average Bonchev–Trinajstić information content (AvgIpc) is 1.83. The smallest absolute Gasteiger partial charge is 0.332 e. The summed E-state index contributed by atoms with van der Waals surface area (Å²) in [4.78, 5) is 20.5. The summed E-state index contributed by atoms with van der Waals surface area (Å²) in [5.41, 5.74) is 0.458. The van der Waals surface area contributed by atoms with Gasteiger partial charge in [-0.2, -0.15) is 0 Å². The molecule has 0 spiro atoms. The Hall–Kier alpha value is -1.58. The van der Waals surface area contributed by atoms with E-state index < -0.39 is 11.9 Å². The fourth-order valence-corrected chi connectivity index (χ4v) is 0.663. The predicted octanol–water partition coefficient (Wildman–Crippen LogP) is 1.05. The number of hydrogen-bond donors (Lipinski definition) is 2. The van der Waals surface area contributed by atoms with Gasteiger partial charge in [0.1, 0.15) is 0 Å². The van der Waals surface area contributed by atoms with Gasteiger partial charge in [-0.05, 0) is 6.92 Å². The average molecular weight is 170 g/mol. The number of carboxylic acids is 2. The van der Waals surface area contributed by atoms with Crippen LogP contribution in [-0.2, 0) is 9.59 Å². The van der Waals surface area contributed by atoms with Crippen molar-refractivity contribution < 1.29 is 19.8 Å². The van der Waals surface area contributed by atoms with Crippen LogP contribution in [0.25, 0.3) is 0 Å². The molecule has 0 aromatic rings. The van der Waals surface area contributed by atoms with Crippen molar-refractivity contribution in [2.75, 3.05) is 0 Å². The summed E-state index contributed by atoms with van der Waals surface area (Å²) in [6.45, 7) is 5.13. The molecule has 4 heteroatoms. The zero-order chi connectivity index (χ0) is 9.72. The van der Waals surface area contributed by atoms with Gasteiger partial charge in [0.2, 0.25) is 0 Å². The highest BCUT2D eigenvalue weighted by Gasteiger charge is 2.08. The summed E-state index contributed by atoms with van der Waals surface area (Å²) in [6.07, 6.45) is 0.763. The van der Waals surface area contributed by atoms with Gasteiger partial charge in [-0.1, -0.05) is 12.2 Å². The second-order valence-electron chi connectivity index (χ2n) is 2.45. The molecule has 0 unspecified atom stereocenters. The molecule has 2 N–H and O–H groups in total. The molecule has 0 fully saturated rings. The van der Waals surface area contributed by atoms with Gasteiger partial charge in [-0.15, -0.1) is 0 Å². The van der Waals surface area contributed by atoms with Crippen molar-refractivity contribution in [3.63, 3.8) is 0 Å². The Morgan fingerprint density at radius 1 is 1.42 bits per heavy atom. The Labute approximate surface area is 69.8 Å². The van der Waals surface area contributed by atoms with Crippen LogP contribution in [0.2, 0.25) is 0 Å². The quantitative estimate of drug-likeness (QED) is 0.488. The van der Waals surface area contributed by atoms with Crippen molar-refractivity contribution in [3.05, 3.63) is 23.8 Å². The summed E-state index contributed by atoms with van der Waals surface area (Å²) in [6, 6.07) is 0. The molecule has 0 heterocycles. The maximum absolute atomic E-state index is 10.4. The number of allylic oxidation sites excluding steroid dienone is 1. The van der Waals surface area contributed by atoms with Gasteiger partial charge in [-0.3, -0.25) is 0 Å². The molecule has 0 aliphatic carbocycles. The van der Waals surface area contributed by atoms with E-state index in [9.17, 15) is 9.59 Å². The van der Waals surface area contributed by atoms with Gasteiger partial charge in [-0.25, -0.2) is 9.59 Å². The molecular formula is C8H10O4. The van der Waals surface area contributed by atoms with Crippen LogP contribution < -0.4 is 0 Å². The van der Waals surface area contributed by atoms with E-state index in [0.29, 0.717) is 11.6 Å². The third-order valence-corrected chi connectivity index (χ3v) is 1.06. The number of aliphatic carboxylic acids is 2. The van der Waals surface area contributed by atoms with Gasteiger partial charge in [0.15, 0.2) is 0 Å². The van der Waals surface area contributed by atoms with Crippen molar-refractivity contribution >= 4 is 11.9 Å². The molecule has 0 atom stereocenters. The minimum atomic E-state index is -1.26. The molecule has 0 rings (SSSR count). The normalized spacial score (nSPS) is 10.9. The molecule has 0 saturated heterocycles. The Morgan fingerprint density at radius 2 is 1.92 bits per heavy atom. The molecule has 12 heavy (non-hydrogen) atoms. The molecule has 0 bridgehead atoms. The lowest BCUT2D eigenvalue weighted by Gasteiger charge is -1.98. The second kappa shape index (κ2) is 4.33. The fraction of sp³-hybridized carbons (Fsp3) is 0.250. The predicted molar refractivity (Wildman–Crippen MR) is 42.8 cm³/mol. The van der Waals surface area contributed by atoms with Crippen molar-refractivity contribution in [1.82, 2.24) is 0 Å². The lowest BCUT2D eigenvalue weighted by molar-refractivity contribution is -0.135. The van der Waals surface area contributed by atoms with E-state index >= 15 is 0 Å². The van der Waals surface area contributed by atoms with Crippen LogP contribution in [0, 0.1) is 0 Å². The minimum absolute atomic E-state index is 0.0850. The van der Waals surface area contributed by atoms with Crippen molar-refractivity contribution in [2.24, 2.45) is 0 Å². The van der Waals surface area contributed by atoms with Crippen LogP contribution in [0.5, 0.6) is 0 Å². The Morgan fingerprint density at radius 3 is 2.17 bits per heavy atom. The molecule has 0 amide bonds. The molecular weight excluding hydrogens is 160 g/mol. The van der Waals surface area contributed by atoms with E-state index in [1.807, 2.05) is 0 Å². The number of carboxylic acid groups (broad SMARTS) is 2. The van der Waals surface area contributed by atoms with E-state index in [-0.39, 0.29) is 12.0 Å². The fourth-order valence-electron chi connectivity index (χ4n) is 0.663. The monoisotopic (exact) mass is 170 g/mol. The van der Waals surface area contributed by atoms with E-state index in [4.69, 9.17) is 10.2 Å².